The molecule has 2 aromatic rings. The standard InChI is InChI=1S/C27H31F3O2/c1-3-13-32-25-12-11-23(26(29)27(25)30)22-10-8-20(16-24(22)28)17-5-6-19-15-21(31-4-2)9-7-18(19)14-17/h3,8,10-12,16-19,21H,1,4-7,9,13-15H2,2H3. The fourth-order valence-electron chi connectivity index (χ4n) is 5.54. The third-order valence-corrected chi connectivity index (χ3v) is 7.13. The molecule has 2 nitrogen and oxygen atoms in total. The van der Waals surface area contributed by atoms with Crippen molar-refractivity contribution in [3.8, 4) is 16.9 Å². The topological polar surface area (TPSA) is 18.5 Å². The molecule has 0 saturated heterocycles. The van der Waals surface area contributed by atoms with Gasteiger partial charge in [-0.25, -0.2) is 8.78 Å². The Morgan fingerprint density at radius 2 is 1.69 bits per heavy atom. The van der Waals surface area contributed by atoms with Gasteiger partial charge in [0.05, 0.1) is 6.10 Å². The highest BCUT2D eigenvalue weighted by Gasteiger charge is 2.36. The Kier molecular flexibility index (Phi) is 7.24. The van der Waals surface area contributed by atoms with E-state index in [-0.39, 0.29) is 23.5 Å². The van der Waals surface area contributed by atoms with Crippen LogP contribution in [-0.2, 0) is 4.74 Å². The first-order valence-corrected chi connectivity index (χ1v) is 11.6. The first-order chi connectivity index (χ1) is 15.5. The molecule has 0 N–H and O–H groups in total. The molecule has 0 aromatic heterocycles. The Morgan fingerprint density at radius 3 is 2.44 bits per heavy atom. The van der Waals surface area contributed by atoms with Gasteiger partial charge in [0.15, 0.2) is 11.6 Å². The van der Waals surface area contributed by atoms with Gasteiger partial charge < -0.3 is 9.47 Å². The summed E-state index contributed by atoms with van der Waals surface area (Å²) in [6.45, 7) is 6.37. The second kappa shape index (κ2) is 10.1. The van der Waals surface area contributed by atoms with Crippen LogP contribution in [-0.4, -0.2) is 19.3 Å². The summed E-state index contributed by atoms with van der Waals surface area (Å²) >= 11 is 0. The van der Waals surface area contributed by atoms with Crippen LogP contribution in [0.15, 0.2) is 43.0 Å². The zero-order valence-corrected chi connectivity index (χ0v) is 18.6. The van der Waals surface area contributed by atoms with Crippen molar-refractivity contribution in [2.24, 2.45) is 11.8 Å². The van der Waals surface area contributed by atoms with Gasteiger partial charge in [-0.15, -0.1) is 0 Å². The molecule has 0 spiro atoms. The predicted molar refractivity (Wildman–Crippen MR) is 120 cm³/mol. The number of fused-ring (bicyclic) bond motifs is 1. The van der Waals surface area contributed by atoms with E-state index in [9.17, 15) is 8.78 Å². The number of rotatable bonds is 7. The first-order valence-electron chi connectivity index (χ1n) is 11.6. The highest BCUT2D eigenvalue weighted by Crippen LogP contribution is 2.47. The summed E-state index contributed by atoms with van der Waals surface area (Å²) in [7, 11) is 0. The average molecular weight is 445 g/mol. The minimum Gasteiger partial charge on any atom is -0.486 e. The molecule has 0 bridgehead atoms. The fraction of sp³-hybridized carbons (Fsp3) is 0.481. The molecule has 0 radical (unpaired) electrons. The lowest BCUT2D eigenvalue weighted by Gasteiger charge is -2.42. The monoisotopic (exact) mass is 444 g/mol. The van der Waals surface area contributed by atoms with Crippen molar-refractivity contribution < 1.29 is 22.6 Å². The number of hydrogen-bond acceptors (Lipinski definition) is 2. The number of ether oxygens (including phenoxy) is 2. The van der Waals surface area contributed by atoms with Gasteiger partial charge in [0.25, 0.3) is 0 Å². The summed E-state index contributed by atoms with van der Waals surface area (Å²) in [5, 5.41) is 0. The highest BCUT2D eigenvalue weighted by atomic mass is 19.2. The number of hydrogen-bond donors (Lipinski definition) is 0. The van der Waals surface area contributed by atoms with Crippen molar-refractivity contribution >= 4 is 0 Å². The second-order valence-corrected chi connectivity index (χ2v) is 9.00. The Bertz CT molecular complexity index is 958. The van der Waals surface area contributed by atoms with Crippen LogP contribution in [0.2, 0.25) is 0 Å². The third-order valence-electron chi connectivity index (χ3n) is 7.13. The van der Waals surface area contributed by atoms with Gasteiger partial charge in [0.2, 0.25) is 5.82 Å². The van der Waals surface area contributed by atoms with Crippen LogP contribution < -0.4 is 4.74 Å². The van der Waals surface area contributed by atoms with E-state index in [1.807, 2.05) is 13.0 Å². The van der Waals surface area contributed by atoms with Gasteiger partial charge in [-0.1, -0.05) is 24.8 Å². The van der Waals surface area contributed by atoms with Crippen molar-refractivity contribution in [2.45, 2.75) is 57.5 Å². The molecule has 2 aliphatic carbocycles. The molecule has 32 heavy (non-hydrogen) atoms. The van der Waals surface area contributed by atoms with Gasteiger partial charge in [-0.2, -0.15) is 4.39 Å². The van der Waals surface area contributed by atoms with Gasteiger partial charge in [-0.05, 0) is 87.0 Å². The molecule has 2 fully saturated rings. The SMILES string of the molecule is C=CCOc1ccc(-c2ccc(C3CCC4CC(OCC)CCC4C3)cc2F)c(F)c1F. The molecule has 2 aliphatic rings. The Morgan fingerprint density at radius 1 is 0.938 bits per heavy atom. The van der Waals surface area contributed by atoms with Gasteiger partial charge in [0, 0.05) is 17.7 Å². The van der Waals surface area contributed by atoms with E-state index in [4.69, 9.17) is 9.47 Å². The van der Waals surface area contributed by atoms with E-state index in [0.29, 0.717) is 23.9 Å². The van der Waals surface area contributed by atoms with Crippen LogP contribution in [0.5, 0.6) is 5.75 Å². The number of benzene rings is 2. The van der Waals surface area contributed by atoms with Crippen molar-refractivity contribution in [3.05, 3.63) is 66.0 Å². The van der Waals surface area contributed by atoms with Crippen molar-refractivity contribution in [1.82, 2.24) is 0 Å². The van der Waals surface area contributed by atoms with Crippen LogP contribution in [0.4, 0.5) is 13.2 Å². The largest absolute Gasteiger partial charge is 0.486 e. The average Bonchev–Trinajstić information content (AvgIpc) is 2.80. The Hall–Kier alpha value is -2.27. The molecule has 2 saturated carbocycles. The zero-order chi connectivity index (χ0) is 22.7. The maximum Gasteiger partial charge on any atom is 0.201 e. The normalized spacial score (nSPS) is 25.2. The summed E-state index contributed by atoms with van der Waals surface area (Å²) < 4.78 is 54.9. The van der Waals surface area contributed by atoms with Gasteiger partial charge in [-0.3, -0.25) is 0 Å². The van der Waals surface area contributed by atoms with Crippen LogP contribution in [0.25, 0.3) is 11.1 Å². The van der Waals surface area contributed by atoms with Crippen LogP contribution in [0.1, 0.15) is 56.9 Å². The lowest BCUT2D eigenvalue weighted by molar-refractivity contribution is -0.00956. The van der Waals surface area contributed by atoms with Gasteiger partial charge in [0.1, 0.15) is 12.4 Å². The summed E-state index contributed by atoms with van der Waals surface area (Å²) in [6.07, 6.45) is 8.45. The quantitative estimate of drug-likeness (QED) is 0.414. The number of halogens is 3. The minimum atomic E-state index is -1.12. The van der Waals surface area contributed by atoms with E-state index in [0.717, 1.165) is 50.7 Å². The third kappa shape index (κ3) is 4.73. The molecule has 4 atom stereocenters. The minimum absolute atomic E-state index is 0.0614. The summed E-state index contributed by atoms with van der Waals surface area (Å²) in [5.74, 6) is -1.30. The highest BCUT2D eigenvalue weighted by molar-refractivity contribution is 5.66. The van der Waals surface area contributed by atoms with E-state index in [2.05, 4.69) is 6.58 Å². The summed E-state index contributed by atoms with van der Waals surface area (Å²) in [5.41, 5.74) is 0.908. The molecule has 5 heteroatoms. The maximum absolute atomic E-state index is 15.0. The molecule has 172 valence electrons. The molecule has 4 rings (SSSR count). The van der Waals surface area contributed by atoms with Crippen molar-refractivity contribution in [2.75, 3.05) is 13.2 Å². The van der Waals surface area contributed by atoms with Crippen LogP contribution in [0.3, 0.4) is 0 Å². The predicted octanol–water partition coefficient (Wildman–Crippen LogP) is 7.42. The van der Waals surface area contributed by atoms with Gasteiger partial charge >= 0.3 is 0 Å². The van der Waals surface area contributed by atoms with Crippen LogP contribution >= 0.6 is 0 Å². The summed E-state index contributed by atoms with van der Waals surface area (Å²) in [4.78, 5) is 0. The van der Waals surface area contributed by atoms with Crippen LogP contribution in [0, 0.1) is 29.3 Å². The molecular weight excluding hydrogens is 413 g/mol. The lowest BCUT2D eigenvalue weighted by Crippen LogP contribution is -2.33. The molecule has 0 amide bonds. The maximum atomic E-state index is 15.0. The lowest BCUT2D eigenvalue weighted by atomic mass is 9.65. The molecule has 0 aliphatic heterocycles. The Balaban J connectivity index is 1.49. The molecule has 2 aromatic carbocycles. The fourth-order valence-corrected chi connectivity index (χ4v) is 5.54. The van der Waals surface area contributed by atoms with E-state index >= 15 is 4.39 Å². The molecule has 0 heterocycles. The zero-order valence-electron chi connectivity index (χ0n) is 18.6. The summed E-state index contributed by atoms with van der Waals surface area (Å²) in [6, 6.07) is 7.63. The van der Waals surface area contributed by atoms with E-state index < -0.39 is 17.5 Å². The van der Waals surface area contributed by atoms with Crippen molar-refractivity contribution in [3.63, 3.8) is 0 Å². The Labute approximate surface area is 188 Å². The van der Waals surface area contributed by atoms with Crippen molar-refractivity contribution in [1.29, 1.82) is 0 Å². The smallest absolute Gasteiger partial charge is 0.201 e. The first kappa shape index (κ1) is 22.9. The van der Waals surface area contributed by atoms with E-state index in [1.54, 1.807) is 6.07 Å². The molecule has 4 unspecified atom stereocenters. The molecular formula is C27H31F3O2. The second-order valence-electron chi connectivity index (χ2n) is 9.00. The van der Waals surface area contributed by atoms with E-state index in [1.165, 1.54) is 24.3 Å².